The van der Waals surface area contributed by atoms with E-state index in [0.29, 0.717) is 11.6 Å². The van der Waals surface area contributed by atoms with E-state index < -0.39 is 0 Å². The van der Waals surface area contributed by atoms with E-state index in [1.54, 1.807) is 0 Å². The zero-order valence-corrected chi connectivity index (χ0v) is 9.56. The molecule has 1 rings (SSSR count). The molecule has 13 heavy (non-hydrogen) atoms. The molecule has 1 N–H and O–H groups in total. The number of hydrogen-bond donors (Lipinski definition) is 1. The fraction of sp³-hybridized carbons (Fsp3) is 1.00. The minimum Gasteiger partial charge on any atom is -0.314 e. The van der Waals surface area contributed by atoms with Crippen LogP contribution >= 0.6 is 0 Å². The normalized spacial score (nSPS) is 19.8. The molecule has 0 saturated heterocycles. The molecule has 2 nitrogen and oxygen atoms in total. The number of nitrogens with one attached hydrogen (secondary N) is 1. The average Bonchev–Trinajstić information content (AvgIpc) is 2.85. The molecule has 0 spiro atoms. The molecule has 0 bridgehead atoms. The third kappa shape index (κ3) is 3.28. The molecule has 1 aliphatic carbocycles. The Kier molecular flexibility index (Phi) is 3.74. The molecule has 78 valence electrons. The Morgan fingerprint density at radius 1 is 1.38 bits per heavy atom. The zero-order valence-electron chi connectivity index (χ0n) is 9.56. The van der Waals surface area contributed by atoms with Crippen LogP contribution in [0.25, 0.3) is 0 Å². The first-order valence-corrected chi connectivity index (χ1v) is 5.49. The van der Waals surface area contributed by atoms with Crippen LogP contribution in [0.15, 0.2) is 0 Å². The van der Waals surface area contributed by atoms with Gasteiger partial charge in [-0.1, -0.05) is 0 Å². The van der Waals surface area contributed by atoms with Crippen molar-refractivity contribution in [2.75, 3.05) is 20.6 Å². The summed E-state index contributed by atoms with van der Waals surface area (Å²) >= 11 is 0. The molecule has 0 radical (unpaired) electrons. The van der Waals surface area contributed by atoms with Crippen molar-refractivity contribution in [2.45, 2.75) is 51.1 Å². The van der Waals surface area contributed by atoms with Crippen LogP contribution in [0.4, 0.5) is 0 Å². The van der Waals surface area contributed by atoms with E-state index in [2.05, 4.69) is 38.2 Å². The Morgan fingerprint density at radius 3 is 2.38 bits per heavy atom. The van der Waals surface area contributed by atoms with E-state index in [4.69, 9.17) is 0 Å². The summed E-state index contributed by atoms with van der Waals surface area (Å²) in [6, 6.07) is 0.685. The van der Waals surface area contributed by atoms with Crippen molar-refractivity contribution in [3.63, 3.8) is 0 Å². The lowest BCUT2D eigenvalue weighted by atomic mass is 10.1. The Bertz CT molecular complexity index is 150. The SMILES string of the molecule is CNC1(CCCN(C)C(C)C)CC1. The van der Waals surface area contributed by atoms with Gasteiger partial charge in [0.15, 0.2) is 0 Å². The molecule has 1 fully saturated rings. The lowest BCUT2D eigenvalue weighted by molar-refractivity contribution is 0.262. The first kappa shape index (κ1) is 11.0. The predicted molar refractivity (Wildman–Crippen MR) is 58.0 cm³/mol. The molecular weight excluding hydrogens is 160 g/mol. The Morgan fingerprint density at radius 2 is 2.00 bits per heavy atom. The molecule has 1 aliphatic rings. The van der Waals surface area contributed by atoms with Crippen LogP contribution in [-0.4, -0.2) is 37.1 Å². The summed E-state index contributed by atoms with van der Waals surface area (Å²) in [5.74, 6) is 0. The third-order valence-corrected chi connectivity index (χ3v) is 3.43. The smallest absolute Gasteiger partial charge is 0.0180 e. The Hall–Kier alpha value is -0.0800. The maximum Gasteiger partial charge on any atom is 0.0180 e. The monoisotopic (exact) mass is 184 g/mol. The molecular formula is C11H24N2. The maximum absolute atomic E-state index is 3.44. The highest BCUT2D eigenvalue weighted by atomic mass is 15.1. The molecule has 0 aromatic carbocycles. The van der Waals surface area contributed by atoms with Gasteiger partial charge >= 0.3 is 0 Å². The van der Waals surface area contributed by atoms with Gasteiger partial charge in [0.1, 0.15) is 0 Å². The van der Waals surface area contributed by atoms with Crippen LogP contribution < -0.4 is 5.32 Å². The molecule has 0 aromatic heterocycles. The summed E-state index contributed by atoms with van der Waals surface area (Å²) in [5.41, 5.74) is 0.540. The number of nitrogens with zero attached hydrogens (tertiary/aromatic N) is 1. The molecule has 0 aliphatic heterocycles. The summed E-state index contributed by atoms with van der Waals surface area (Å²) < 4.78 is 0. The van der Waals surface area contributed by atoms with Crippen LogP contribution in [-0.2, 0) is 0 Å². The van der Waals surface area contributed by atoms with Crippen molar-refractivity contribution in [2.24, 2.45) is 0 Å². The molecule has 0 aromatic rings. The van der Waals surface area contributed by atoms with Crippen molar-refractivity contribution in [3.8, 4) is 0 Å². The first-order valence-electron chi connectivity index (χ1n) is 5.49. The largest absolute Gasteiger partial charge is 0.314 e. The van der Waals surface area contributed by atoms with Gasteiger partial charge in [0.05, 0.1) is 0 Å². The van der Waals surface area contributed by atoms with E-state index >= 15 is 0 Å². The van der Waals surface area contributed by atoms with Crippen LogP contribution in [0.3, 0.4) is 0 Å². The Labute approximate surface area is 82.7 Å². The lowest BCUT2D eigenvalue weighted by Crippen LogP contribution is -2.31. The van der Waals surface area contributed by atoms with Gasteiger partial charge in [-0.3, -0.25) is 0 Å². The molecule has 0 heterocycles. The van der Waals surface area contributed by atoms with Crippen LogP contribution in [0, 0.1) is 0 Å². The van der Waals surface area contributed by atoms with E-state index in [-0.39, 0.29) is 0 Å². The Balaban J connectivity index is 2.07. The molecule has 2 heteroatoms. The van der Waals surface area contributed by atoms with E-state index in [9.17, 15) is 0 Å². The van der Waals surface area contributed by atoms with E-state index in [0.717, 1.165) is 0 Å². The summed E-state index contributed by atoms with van der Waals surface area (Å²) in [7, 11) is 4.31. The van der Waals surface area contributed by atoms with Gasteiger partial charge in [-0.15, -0.1) is 0 Å². The second-order valence-corrected chi connectivity index (χ2v) is 4.71. The van der Waals surface area contributed by atoms with Gasteiger partial charge in [-0.25, -0.2) is 0 Å². The van der Waals surface area contributed by atoms with Crippen molar-refractivity contribution in [3.05, 3.63) is 0 Å². The second kappa shape index (κ2) is 4.43. The van der Waals surface area contributed by atoms with Crippen molar-refractivity contribution < 1.29 is 0 Å². The summed E-state index contributed by atoms with van der Waals surface area (Å²) in [5, 5.41) is 3.44. The average molecular weight is 184 g/mol. The van der Waals surface area contributed by atoms with Crippen LogP contribution in [0.2, 0.25) is 0 Å². The maximum atomic E-state index is 3.44. The minimum absolute atomic E-state index is 0.540. The van der Waals surface area contributed by atoms with Gasteiger partial charge < -0.3 is 10.2 Å². The highest BCUT2D eigenvalue weighted by molar-refractivity contribution is 5.00. The van der Waals surface area contributed by atoms with Gasteiger partial charge in [-0.05, 0) is 60.2 Å². The van der Waals surface area contributed by atoms with E-state index in [1.807, 2.05) is 0 Å². The fourth-order valence-corrected chi connectivity index (χ4v) is 1.70. The standard InChI is InChI=1S/C11H24N2/c1-10(2)13(4)9-5-6-11(12-3)7-8-11/h10,12H,5-9H2,1-4H3. The van der Waals surface area contributed by atoms with Crippen molar-refractivity contribution in [1.29, 1.82) is 0 Å². The number of hydrogen-bond acceptors (Lipinski definition) is 2. The predicted octanol–water partition coefficient (Wildman–Crippen LogP) is 1.86. The third-order valence-electron chi connectivity index (χ3n) is 3.43. The summed E-state index contributed by atoms with van der Waals surface area (Å²) in [6.45, 7) is 5.75. The quantitative estimate of drug-likeness (QED) is 0.678. The van der Waals surface area contributed by atoms with Gasteiger partial charge in [0, 0.05) is 11.6 Å². The van der Waals surface area contributed by atoms with Crippen LogP contribution in [0.5, 0.6) is 0 Å². The molecule has 0 amide bonds. The lowest BCUT2D eigenvalue weighted by Gasteiger charge is -2.22. The summed E-state index contributed by atoms with van der Waals surface area (Å²) in [4.78, 5) is 2.42. The van der Waals surface area contributed by atoms with Crippen molar-refractivity contribution >= 4 is 0 Å². The molecule has 0 unspecified atom stereocenters. The fourth-order valence-electron chi connectivity index (χ4n) is 1.70. The first-order chi connectivity index (χ1) is 6.09. The van der Waals surface area contributed by atoms with Gasteiger partial charge in [0.25, 0.3) is 0 Å². The number of rotatable bonds is 6. The van der Waals surface area contributed by atoms with E-state index in [1.165, 1.54) is 32.2 Å². The zero-order chi connectivity index (χ0) is 9.90. The van der Waals surface area contributed by atoms with Crippen LogP contribution in [0.1, 0.15) is 39.5 Å². The minimum atomic E-state index is 0.540. The van der Waals surface area contributed by atoms with Crippen molar-refractivity contribution in [1.82, 2.24) is 10.2 Å². The molecule has 0 atom stereocenters. The molecule has 1 saturated carbocycles. The topological polar surface area (TPSA) is 15.3 Å². The highest BCUT2D eigenvalue weighted by Crippen LogP contribution is 2.39. The van der Waals surface area contributed by atoms with Gasteiger partial charge in [-0.2, -0.15) is 0 Å². The summed E-state index contributed by atoms with van der Waals surface area (Å²) in [6.07, 6.45) is 5.44. The highest BCUT2D eigenvalue weighted by Gasteiger charge is 2.39. The second-order valence-electron chi connectivity index (χ2n) is 4.71. The van der Waals surface area contributed by atoms with Gasteiger partial charge in [0.2, 0.25) is 0 Å².